The number of nitrogens with one attached hydrogen (secondary N) is 3. The minimum absolute atomic E-state index is 0.105. The zero-order chi connectivity index (χ0) is 16.8. The standard InChI is InChI=1S/C17H25N3O3/c1-11(16-12(2)19-20-13(16)3)17(22)18-9-15(21)23-10-14-7-5-4-6-8-14/h4-8,11-13,16,19-20H,9-10H2,1-3H3,(H,18,22). The van der Waals surface area contributed by atoms with Crippen LogP contribution in [-0.4, -0.2) is 30.5 Å². The summed E-state index contributed by atoms with van der Waals surface area (Å²) in [6, 6.07) is 9.86. The fraction of sp³-hybridized carbons (Fsp3) is 0.529. The van der Waals surface area contributed by atoms with Gasteiger partial charge in [-0.2, -0.15) is 0 Å². The summed E-state index contributed by atoms with van der Waals surface area (Å²) in [6.07, 6.45) is 0. The first kappa shape index (κ1) is 17.4. The molecule has 1 amide bonds. The van der Waals surface area contributed by atoms with Crippen LogP contribution in [-0.2, 0) is 20.9 Å². The van der Waals surface area contributed by atoms with Crippen LogP contribution in [0.1, 0.15) is 26.3 Å². The SMILES string of the molecule is CC1NNC(C)C1C(C)C(=O)NCC(=O)OCc1ccccc1. The molecule has 23 heavy (non-hydrogen) atoms. The molecule has 0 radical (unpaired) electrons. The second kappa shape index (κ2) is 8.08. The smallest absolute Gasteiger partial charge is 0.325 e. The Morgan fingerprint density at radius 3 is 2.39 bits per heavy atom. The van der Waals surface area contributed by atoms with Crippen LogP contribution in [0.2, 0.25) is 0 Å². The van der Waals surface area contributed by atoms with Crippen LogP contribution in [0.25, 0.3) is 0 Å². The molecule has 3 unspecified atom stereocenters. The van der Waals surface area contributed by atoms with Gasteiger partial charge in [0, 0.05) is 23.9 Å². The van der Waals surface area contributed by atoms with Crippen molar-refractivity contribution < 1.29 is 14.3 Å². The van der Waals surface area contributed by atoms with Crippen molar-refractivity contribution in [3.63, 3.8) is 0 Å². The van der Waals surface area contributed by atoms with Crippen molar-refractivity contribution in [2.24, 2.45) is 11.8 Å². The van der Waals surface area contributed by atoms with Crippen molar-refractivity contribution >= 4 is 11.9 Å². The molecule has 6 heteroatoms. The molecule has 1 aromatic rings. The fourth-order valence-corrected chi connectivity index (χ4v) is 3.04. The summed E-state index contributed by atoms with van der Waals surface area (Å²) in [5.41, 5.74) is 7.20. The number of rotatable bonds is 6. The van der Waals surface area contributed by atoms with E-state index in [4.69, 9.17) is 4.74 Å². The van der Waals surface area contributed by atoms with Crippen LogP contribution in [0, 0.1) is 11.8 Å². The highest BCUT2D eigenvalue weighted by Gasteiger charge is 2.37. The maximum atomic E-state index is 12.2. The van der Waals surface area contributed by atoms with Gasteiger partial charge < -0.3 is 10.1 Å². The highest BCUT2D eigenvalue weighted by atomic mass is 16.5. The third kappa shape index (κ3) is 4.77. The molecule has 1 fully saturated rings. The Morgan fingerprint density at radius 2 is 1.78 bits per heavy atom. The quantitative estimate of drug-likeness (QED) is 0.681. The van der Waals surface area contributed by atoms with Crippen LogP contribution in [0.15, 0.2) is 30.3 Å². The molecule has 1 aliphatic rings. The Kier molecular flexibility index (Phi) is 6.12. The normalized spacial score (nSPS) is 24.9. The molecule has 2 rings (SSSR count). The van der Waals surface area contributed by atoms with Gasteiger partial charge in [-0.05, 0) is 19.4 Å². The maximum absolute atomic E-state index is 12.2. The van der Waals surface area contributed by atoms with Crippen LogP contribution >= 0.6 is 0 Å². The molecule has 0 aromatic heterocycles. The Balaban J connectivity index is 1.74. The maximum Gasteiger partial charge on any atom is 0.325 e. The number of benzene rings is 1. The van der Waals surface area contributed by atoms with Gasteiger partial charge in [0.25, 0.3) is 0 Å². The molecule has 1 heterocycles. The summed E-state index contributed by atoms with van der Waals surface area (Å²) in [5, 5.41) is 2.67. The van der Waals surface area contributed by atoms with Gasteiger partial charge in [-0.3, -0.25) is 20.4 Å². The Hall–Kier alpha value is -1.92. The molecule has 3 N–H and O–H groups in total. The lowest BCUT2D eigenvalue weighted by Crippen LogP contribution is -2.41. The number of hydrogen-bond donors (Lipinski definition) is 3. The number of carbonyl (C=O) groups excluding carboxylic acids is 2. The van der Waals surface area contributed by atoms with Crippen molar-refractivity contribution in [1.82, 2.24) is 16.2 Å². The van der Waals surface area contributed by atoms with E-state index in [1.54, 1.807) is 0 Å². The van der Waals surface area contributed by atoms with Gasteiger partial charge in [0.05, 0.1) is 0 Å². The molecule has 0 bridgehead atoms. The van der Waals surface area contributed by atoms with Crippen LogP contribution in [0.3, 0.4) is 0 Å². The van der Waals surface area contributed by atoms with Crippen molar-refractivity contribution in [3.8, 4) is 0 Å². The highest BCUT2D eigenvalue weighted by molar-refractivity contribution is 5.83. The van der Waals surface area contributed by atoms with E-state index in [2.05, 4.69) is 16.2 Å². The minimum Gasteiger partial charge on any atom is -0.460 e. The topological polar surface area (TPSA) is 79.5 Å². The molecule has 0 aliphatic carbocycles. The first-order chi connectivity index (χ1) is 11.0. The molecule has 3 atom stereocenters. The summed E-state index contributed by atoms with van der Waals surface area (Å²) in [6.45, 7) is 6.08. The predicted molar refractivity (Wildman–Crippen MR) is 87.1 cm³/mol. The Bertz CT molecular complexity index is 525. The second-order valence-electron chi connectivity index (χ2n) is 6.10. The molecule has 1 saturated heterocycles. The molecular weight excluding hydrogens is 294 g/mol. The van der Waals surface area contributed by atoms with Crippen LogP contribution < -0.4 is 16.2 Å². The van der Waals surface area contributed by atoms with E-state index in [-0.39, 0.29) is 43.0 Å². The fourth-order valence-electron chi connectivity index (χ4n) is 3.04. The lowest BCUT2D eigenvalue weighted by atomic mass is 9.84. The van der Waals surface area contributed by atoms with Crippen molar-refractivity contribution in [1.29, 1.82) is 0 Å². The number of esters is 1. The summed E-state index contributed by atoms with van der Waals surface area (Å²) in [7, 11) is 0. The molecule has 1 aliphatic heterocycles. The summed E-state index contributed by atoms with van der Waals surface area (Å²) < 4.78 is 5.15. The molecular formula is C17H25N3O3. The van der Waals surface area contributed by atoms with Gasteiger partial charge in [-0.1, -0.05) is 37.3 Å². The highest BCUT2D eigenvalue weighted by Crippen LogP contribution is 2.23. The Labute approximate surface area is 136 Å². The summed E-state index contributed by atoms with van der Waals surface area (Å²) in [5.74, 6) is -0.575. The Morgan fingerprint density at radius 1 is 1.17 bits per heavy atom. The van der Waals surface area contributed by atoms with Gasteiger partial charge in [0.15, 0.2) is 0 Å². The van der Waals surface area contributed by atoms with Gasteiger partial charge in [-0.15, -0.1) is 0 Å². The second-order valence-corrected chi connectivity index (χ2v) is 6.10. The number of hydrogen-bond acceptors (Lipinski definition) is 5. The van der Waals surface area contributed by atoms with E-state index < -0.39 is 5.97 Å². The first-order valence-corrected chi connectivity index (χ1v) is 7.97. The third-order valence-corrected chi connectivity index (χ3v) is 4.33. The summed E-state index contributed by atoms with van der Waals surface area (Å²) in [4.78, 5) is 24.0. The number of amides is 1. The lowest BCUT2D eigenvalue weighted by Gasteiger charge is -2.24. The molecule has 6 nitrogen and oxygen atoms in total. The van der Waals surface area contributed by atoms with Crippen molar-refractivity contribution in [3.05, 3.63) is 35.9 Å². The average molecular weight is 319 g/mol. The number of hydrazine groups is 1. The van der Waals surface area contributed by atoms with E-state index in [0.29, 0.717) is 0 Å². The predicted octanol–water partition coefficient (Wildman–Crippen LogP) is 0.983. The largest absolute Gasteiger partial charge is 0.460 e. The summed E-state index contributed by atoms with van der Waals surface area (Å²) >= 11 is 0. The monoisotopic (exact) mass is 319 g/mol. The lowest BCUT2D eigenvalue weighted by molar-refractivity contribution is -0.145. The van der Waals surface area contributed by atoms with Crippen LogP contribution in [0.5, 0.6) is 0 Å². The van der Waals surface area contributed by atoms with Crippen molar-refractivity contribution in [2.75, 3.05) is 6.54 Å². The first-order valence-electron chi connectivity index (χ1n) is 7.97. The van der Waals surface area contributed by atoms with Gasteiger partial charge in [-0.25, -0.2) is 0 Å². The number of ether oxygens (including phenoxy) is 1. The van der Waals surface area contributed by atoms with Gasteiger partial charge in [0.1, 0.15) is 13.2 Å². The van der Waals surface area contributed by atoms with E-state index in [0.717, 1.165) is 5.56 Å². The molecule has 126 valence electrons. The van der Waals surface area contributed by atoms with E-state index in [1.165, 1.54) is 0 Å². The van der Waals surface area contributed by atoms with Crippen LogP contribution in [0.4, 0.5) is 0 Å². The van der Waals surface area contributed by atoms with E-state index in [1.807, 2.05) is 51.1 Å². The minimum atomic E-state index is -0.432. The van der Waals surface area contributed by atoms with Gasteiger partial charge in [0.2, 0.25) is 5.91 Å². The van der Waals surface area contributed by atoms with Gasteiger partial charge >= 0.3 is 5.97 Å². The average Bonchev–Trinajstić information content (AvgIpc) is 2.89. The third-order valence-electron chi connectivity index (χ3n) is 4.33. The zero-order valence-corrected chi connectivity index (χ0v) is 13.8. The molecule has 0 saturated carbocycles. The van der Waals surface area contributed by atoms with Crippen molar-refractivity contribution in [2.45, 2.75) is 39.5 Å². The van der Waals surface area contributed by atoms with E-state index in [9.17, 15) is 9.59 Å². The molecule has 1 aromatic carbocycles. The zero-order valence-electron chi connectivity index (χ0n) is 13.8. The molecule has 0 spiro atoms. The number of carbonyl (C=O) groups is 2. The van der Waals surface area contributed by atoms with E-state index >= 15 is 0 Å².